The van der Waals surface area contributed by atoms with Crippen LogP contribution in [0.1, 0.15) is 37.1 Å². The van der Waals surface area contributed by atoms with Gasteiger partial charge in [-0.1, -0.05) is 0 Å². The van der Waals surface area contributed by atoms with Gasteiger partial charge in [0.15, 0.2) is 5.76 Å². The molecular weight excluding hydrogens is 389 g/mol. The third-order valence-corrected chi connectivity index (χ3v) is 5.18. The number of halogens is 2. The Hall–Kier alpha value is -1.50. The Morgan fingerprint density at radius 1 is 1.26 bits per heavy atom. The van der Waals surface area contributed by atoms with E-state index in [1.165, 1.54) is 12.8 Å². The number of hydrogen-bond donors (Lipinski definition) is 1. The standard InChI is InChI=1S/C19H25N3O3.2ClH/c1-13-16(21-19(25-13)17-3-2-10-24-17)11-18(23)22-8-6-15(7-9-22)20-12-14-4-5-14;;/h2-3,10,14-15,20H,4-9,11-12H2,1H3;2*1H. The van der Waals surface area contributed by atoms with Crippen LogP contribution in [0.2, 0.25) is 0 Å². The quantitative estimate of drug-likeness (QED) is 0.779. The predicted octanol–water partition coefficient (Wildman–Crippen LogP) is 3.62. The number of carbonyl (C=O) groups excluding carboxylic acids is 1. The number of nitrogens with one attached hydrogen (secondary N) is 1. The monoisotopic (exact) mass is 415 g/mol. The second kappa shape index (κ2) is 9.62. The molecule has 2 aromatic heterocycles. The molecule has 0 bridgehead atoms. The molecule has 1 saturated heterocycles. The van der Waals surface area contributed by atoms with Crippen molar-refractivity contribution >= 4 is 30.7 Å². The molecule has 0 spiro atoms. The van der Waals surface area contributed by atoms with Gasteiger partial charge in [0.25, 0.3) is 5.89 Å². The lowest BCUT2D eigenvalue weighted by Crippen LogP contribution is -2.45. The fraction of sp³-hybridized carbons (Fsp3) is 0.579. The van der Waals surface area contributed by atoms with Gasteiger partial charge in [0.05, 0.1) is 18.4 Å². The first-order valence-electron chi connectivity index (χ1n) is 9.20. The molecule has 2 aliphatic rings. The second-order valence-corrected chi connectivity index (χ2v) is 7.18. The Bertz CT molecular complexity index is 721. The number of aromatic nitrogens is 1. The highest BCUT2D eigenvalue weighted by atomic mass is 35.5. The molecule has 1 N–H and O–H groups in total. The molecule has 2 aromatic rings. The predicted molar refractivity (Wildman–Crippen MR) is 107 cm³/mol. The molecule has 1 saturated carbocycles. The Labute approximate surface area is 171 Å². The SMILES string of the molecule is Cc1oc(-c2ccco2)nc1CC(=O)N1CCC(NCC2CC2)CC1.Cl.Cl. The molecule has 8 heteroatoms. The summed E-state index contributed by atoms with van der Waals surface area (Å²) in [4.78, 5) is 19.0. The zero-order valence-electron chi connectivity index (χ0n) is 15.5. The number of hydrogen-bond acceptors (Lipinski definition) is 5. The van der Waals surface area contributed by atoms with Crippen LogP contribution in [0.5, 0.6) is 0 Å². The lowest BCUT2D eigenvalue weighted by atomic mass is 10.0. The average Bonchev–Trinajstić information content (AvgIpc) is 3.14. The summed E-state index contributed by atoms with van der Waals surface area (Å²) in [6.45, 7) is 4.63. The molecule has 2 fully saturated rings. The molecular formula is C19H27Cl2N3O3. The molecule has 0 aromatic carbocycles. The van der Waals surface area contributed by atoms with Crippen molar-refractivity contribution in [3.63, 3.8) is 0 Å². The van der Waals surface area contributed by atoms with Crippen LogP contribution in [-0.2, 0) is 11.2 Å². The van der Waals surface area contributed by atoms with Crippen LogP contribution >= 0.6 is 24.8 Å². The first kappa shape index (κ1) is 21.8. The Balaban J connectivity index is 0.00000131. The van der Waals surface area contributed by atoms with Crippen molar-refractivity contribution in [1.82, 2.24) is 15.2 Å². The molecule has 0 unspecified atom stereocenters. The molecule has 1 aliphatic heterocycles. The minimum Gasteiger partial charge on any atom is -0.459 e. The van der Waals surface area contributed by atoms with E-state index >= 15 is 0 Å². The van der Waals surface area contributed by atoms with Crippen molar-refractivity contribution in [1.29, 1.82) is 0 Å². The number of aryl methyl sites for hydroxylation is 1. The van der Waals surface area contributed by atoms with Crippen molar-refractivity contribution in [2.75, 3.05) is 19.6 Å². The van der Waals surface area contributed by atoms with Gasteiger partial charge in [-0.25, -0.2) is 4.98 Å². The lowest BCUT2D eigenvalue weighted by molar-refractivity contribution is -0.131. The van der Waals surface area contributed by atoms with Gasteiger partial charge in [-0.2, -0.15) is 0 Å². The molecule has 4 rings (SSSR count). The number of oxazole rings is 1. The number of piperidine rings is 1. The molecule has 0 radical (unpaired) electrons. The summed E-state index contributed by atoms with van der Waals surface area (Å²) in [6.07, 6.45) is 6.70. The molecule has 0 atom stereocenters. The highest BCUT2D eigenvalue weighted by Gasteiger charge is 2.27. The van der Waals surface area contributed by atoms with E-state index in [9.17, 15) is 4.79 Å². The number of furan rings is 1. The molecule has 1 amide bonds. The summed E-state index contributed by atoms with van der Waals surface area (Å²) in [5.74, 6) is 2.74. The Morgan fingerprint density at radius 2 is 2.00 bits per heavy atom. The zero-order valence-corrected chi connectivity index (χ0v) is 17.1. The first-order valence-corrected chi connectivity index (χ1v) is 9.20. The van der Waals surface area contributed by atoms with Crippen molar-refractivity contribution < 1.29 is 13.6 Å². The van der Waals surface area contributed by atoms with Gasteiger partial charge in [-0.05, 0) is 57.2 Å². The van der Waals surface area contributed by atoms with Crippen LogP contribution in [0.15, 0.2) is 27.2 Å². The zero-order chi connectivity index (χ0) is 17.2. The molecule has 150 valence electrons. The maximum Gasteiger partial charge on any atom is 0.263 e. The van der Waals surface area contributed by atoms with Crippen LogP contribution in [0.3, 0.4) is 0 Å². The third kappa shape index (κ3) is 5.50. The van der Waals surface area contributed by atoms with Gasteiger partial charge in [-0.15, -0.1) is 24.8 Å². The summed E-state index contributed by atoms with van der Waals surface area (Å²) in [5, 5.41) is 3.65. The van der Waals surface area contributed by atoms with Gasteiger partial charge in [0, 0.05) is 19.1 Å². The average molecular weight is 416 g/mol. The fourth-order valence-corrected chi connectivity index (χ4v) is 3.34. The summed E-state index contributed by atoms with van der Waals surface area (Å²) >= 11 is 0. The number of likely N-dealkylation sites (tertiary alicyclic amines) is 1. The largest absolute Gasteiger partial charge is 0.459 e. The smallest absolute Gasteiger partial charge is 0.263 e. The summed E-state index contributed by atoms with van der Waals surface area (Å²) < 4.78 is 10.9. The number of carbonyl (C=O) groups is 1. The normalized spacial score (nSPS) is 17.3. The number of rotatable bonds is 6. The van der Waals surface area contributed by atoms with Gasteiger partial charge in [-0.3, -0.25) is 4.79 Å². The molecule has 6 nitrogen and oxygen atoms in total. The van der Waals surface area contributed by atoms with Crippen molar-refractivity contribution in [2.45, 2.75) is 45.1 Å². The highest BCUT2D eigenvalue weighted by molar-refractivity contribution is 5.85. The van der Waals surface area contributed by atoms with Gasteiger partial charge >= 0.3 is 0 Å². The van der Waals surface area contributed by atoms with Gasteiger partial charge in [0.1, 0.15) is 5.76 Å². The molecule has 3 heterocycles. The molecule has 1 aliphatic carbocycles. The number of amides is 1. The van der Waals surface area contributed by atoms with E-state index in [4.69, 9.17) is 8.83 Å². The topological polar surface area (TPSA) is 71.5 Å². The van der Waals surface area contributed by atoms with E-state index in [0.717, 1.165) is 38.4 Å². The van der Waals surface area contributed by atoms with E-state index in [2.05, 4.69) is 10.3 Å². The number of nitrogens with zero attached hydrogens (tertiary/aromatic N) is 2. The van der Waals surface area contributed by atoms with Crippen molar-refractivity contribution in [3.8, 4) is 11.7 Å². The summed E-state index contributed by atoms with van der Waals surface area (Å²) in [7, 11) is 0. The first-order chi connectivity index (χ1) is 12.2. The van der Waals surface area contributed by atoms with E-state index in [0.29, 0.717) is 29.1 Å². The van der Waals surface area contributed by atoms with Crippen LogP contribution in [0.25, 0.3) is 11.7 Å². The summed E-state index contributed by atoms with van der Waals surface area (Å²) in [6, 6.07) is 4.15. The van der Waals surface area contributed by atoms with Crippen LogP contribution in [0, 0.1) is 12.8 Å². The highest BCUT2D eigenvalue weighted by Crippen LogP contribution is 2.28. The van der Waals surface area contributed by atoms with E-state index < -0.39 is 0 Å². The Kier molecular flexibility index (Phi) is 7.77. The molecule has 27 heavy (non-hydrogen) atoms. The lowest BCUT2D eigenvalue weighted by Gasteiger charge is -2.32. The second-order valence-electron chi connectivity index (χ2n) is 7.18. The minimum absolute atomic E-state index is 0. The third-order valence-electron chi connectivity index (χ3n) is 5.18. The minimum atomic E-state index is 0. The maximum atomic E-state index is 12.6. The fourth-order valence-electron chi connectivity index (χ4n) is 3.34. The maximum absolute atomic E-state index is 12.6. The Morgan fingerprint density at radius 3 is 2.63 bits per heavy atom. The van der Waals surface area contributed by atoms with Crippen LogP contribution < -0.4 is 5.32 Å². The van der Waals surface area contributed by atoms with E-state index in [-0.39, 0.29) is 37.1 Å². The van der Waals surface area contributed by atoms with Crippen molar-refractivity contribution in [2.24, 2.45) is 5.92 Å². The van der Waals surface area contributed by atoms with E-state index in [1.807, 2.05) is 11.8 Å². The van der Waals surface area contributed by atoms with Gasteiger partial charge in [0.2, 0.25) is 5.91 Å². The summed E-state index contributed by atoms with van der Waals surface area (Å²) in [5.41, 5.74) is 0.699. The van der Waals surface area contributed by atoms with Crippen LogP contribution in [-0.4, -0.2) is 41.5 Å². The van der Waals surface area contributed by atoms with E-state index in [1.54, 1.807) is 18.4 Å². The van der Waals surface area contributed by atoms with Gasteiger partial charge < -0.3 is 19.1 Å². The van der Waals surface area contributed by atoms with Crippen LogP contribution in [0.4, 0.5) is 0 Å². The van der Waals surface area contributed by atoms with Crippen molar-refractivity contribution in [3.05, 3.63) is 29.9 Å².